The first kappa shape index (κ1) is 14.3. The first-order valence-electron chi connectivity index (χ1n) is 4.84. The lowest BCUT2D eigenvalue weighted by molar-refractivity contribution is -0.137. The molecular weight excluding hydrogens is 216 g/mol. The van der Waals surface area contributed by atoms with Gasteiger partial charge in [0.2, 0.25) is 0 Å². The summed E-state index contributed by atoms with van der Waals surface area (Å²) in [5, 5.41) is 0. The summed E-state index contributed by atoms with van der Waals surface area (Å²) in [4.78, 5) is 11.0. The molecule has 4 nitrogen and oxygen atoms in total. The van der Waals surface area contributed by atoms with Crippen LogP contribution in [0.1, 0.15) is 33.6 Å². The summed E-state index contributed by atoms with van der Waals surface area (Å²) in [7, 11) is 0. The highest BCUT2D eigenvalue weighted by atomic mass is 32.2. The smallest absolute Gasteiger partial charge is 0.330 e. The largest absolute Gasteiger partial charge is 0.463 e. The standard InChI is InChI=1S/C10H18O4S/c1-4-8-14-9(11)6-5-7-10(2,3)15(12)13/h5-6H,4,7-8H2,1-3H3,(H,12,13). The summed E-state index contributed by atoms with van der Waals surface area (Å²) >= 11 is -1.90. The van der Waals surface area contributed by atoms with Crippen LogP contribution in [0.3, 0.4) is 0 Å². The van der Waals surface area contributed by atoms with Crippen molar-refractivity contribution in [2.45, 2.75) is 38.4 Å². The molecule has 0 aromatic carbocycles. The summed E-state index contributed by atoms with van der Waals surface area (Å²) in [6.07, 6.45) is 4.00. The van der Waals surface area contributed by atoms with Crippen LogP contribution in [0.5, 0.6) is 0 Å². The summed E-state index contributed by atoms with van der Waals surface area (Å²) in [6.45, 7) is 5.63. The zero-order chi connectivity index (χ0) is 11.9. The molecule has 0 aliphatic heterocycles. The van der Waals surface area contributed by atoms with Crippen LogP contribution >= 0.6 is 0 Å². The molecule has 0 aromatic rings. The van der Waals surface area contributed by atoms with Gasteiger partial charge < -0.3 is 9.29 Å². The first-order chi connectivity index (χ1) is 6.90. The molecule has 0 fully saturated rings. The van der Waals surface area contributed by atoms with Crippen molar-refractivity contribution >= 4 is 17.0 Å². The number of hydrogen-bond acceptors (Lipinski definition) is 3. The fourth-order valence-electron chi connectivity index (χ4n) is 0.761. The third-order valence-electron chi connectivity index (χ3n) is 1.78. The van der Waals surface area contributed by atoms with Gasteiger partial charge in [-0.3, -0.25) is 0 Å². The SMILES string of the molecule is CCCOC(=O)C=CCC(C)(C)S(=O)O. The van der Waals surface area contributed by atoms with Crippen LogP contribution in [0.25, 0.3) is 0 Å². The third kappa shape index (κ3) is 6.41. The summed E-state index contributed by atoms with van der Waals surface area (Å²) in [5.74, 6) is -0.406. The van der Waals surface area contributed by atoms with Crippen LogP contribution in [0, 0.1) is 0 Å². The van der Waals surface area contributed by atoms with Gasteiger partial charge in [-0.2, -0.15) is 0 Å². The molecule has 0 amide bonds. The quantitative estimate of drug-likeness (QED) is 0.433. The minimum atomic E-state index is -1.90. The Labute approximate surface area is 93.0 Å². The zero-order valence-corrected chi connectivity index (χ0v) is 10.2. The molecule has 0 aliphatic carbocycles. The summed E-state index contributed by atoms with van der Waals surface area (Å²) in [5.41, 5.74) is 0. The van der Waals surface area contributed by atoms with Crippen molar-refractivity contribution in [2.75, 3.05) is 6.61 Å². The number of hydrogen-bond donors (Lipinski definition) is 1. The molecule has 0 spiro atoms. The third-order valence-corrected chi connectivity index (χ3v) is 2.90. The van der Waals surface area contributed by atoms with E-state index in [4.69, 9.17) is 9.29 Å². The zero-order valence-electron chi connectivity index (χ0n) is 9.36. The maximum Gasteiger partial charge on any atom is 0.330 e. The molecule has 15 heavy (non-hydrogen) atoms. The van der Waals surface area contributed by atoms with Gasteiger partial charge in [-0.05, 0) is 26.7 Å². The normalized spacial score (nSPS) is 14.1. The van der Waals surface area contributed by atoms with E-state index in [1.54, 1.807) is 19.9 Å². The molecule has 0 heterocycles. The molecule has 5 heteroatoms. The Bertz CT molecular complexity index is 258. The van der Waals surface area contributed by atoms with Gasteiger partial charge in [0, 0.05) is 6.08 Å². The average Bonchev–Trinajstić information content (AvgIpc) is 2.14. The molecule has 1 N–H and O–H groups in total. The van der Waals surface area contributed by atoms with Crippen molar-refractivity contribution in [3.8, 4) is 0 Å². The topological polar surface area (TPSA) is 63.6 Å². The Balaban J connectivity index is 3.99. The van der Waals surface area contributed by atoms with E-state index in [2.05, 4.69) is 0 Å². The predicted octanol–water partition coefficient (Wildman–Crippen LogP) is 1.89. The Morgan fingerprint density at radius 3 is 2.60 bits per heavy atom. The number of carbonyl (C=O) groups is 1. The van der Waals surface area contributed by atoms with E-state index in [0.29, 0.717) is 13.0 Å². The van der Waals surface area contributed by atoms with Crippen LogP contribution in [0.2, 0.25) is 0 Å². The second kappa shape index (κ2) is 6.74. The number of allylic oxidation sites excluding steroid dienone is 1. The molecular formula is C10H18O4S. The molecule has 0 saturated heterocycles. The van der Waals surface area contributed by atoms with Gasteiger partial charge in [0.1, 0.15) is 0 Å². The van der Waals surface area contributed by atoms with Gasteiger partial charge in [0.05, 0.1) is 11.4 Å². The number of ether oxygens (including phenoxy) is 1. The van der Waals surface area contributed by atoms with Crippen LogP contribution in [-0.4, -0.2) is 26.1 Å². The molecule has 1 atom stereocenters. The van der Waals surface area contributed by atoms with Crippen molar-refractivity contribution in [1.29, 1.82) is 0 Å². The Morgan fingerprint density at radius 1 is 1.53 bits per heavy atom. The van der Waals surface area contributed by atoms with Gasteiger partial charge in [0.25, 0.3) is 0 Å². The number of esters is 1. The lowest BCUT2D eigenvalue weighted by Gasteiger charge is -2.16. The molecule has 0 radical (unpaired) electrons. The van der Waals surface area contributed by atoms with Crippen molar-refractivity contribution in [3.63, 3.8) is 0 Å². The molecule has 1 unspecified atom stereocenters. The van der Waals surface area contributed by atoms with Crippen molar-refractivity contribution < 1.29 is 18.3 Å². The minimum absolute atomic E-state index is 0.358. The monoisotopic (exact) mass is 234 g/mol. The second-order valence-corrected chi connectivity index (χ2v) is 5.39. The minimum Gasteiger partial charge on any atom is -0.463 e. The molecule has 0 bridgehead atoms. The highest BCUT2D eigenvalue weighted by molar-refractivity contribution is 7.80. The van der Waals surface area contributed by atoms with Crippen LogP contribution in [-0.2, 0) is 20.6 Å². The van der Waals surface area contributed by atoms with E-state index < -0.39 is 21.8 Å². The van der Waals surface area contributed by atoms with Crippen LogP contribution in [0.15, 0.2) is 12.2 Å². The Morgan fingerprint density at radius 2 is 2.13 bits per heavy atom. The van der Waals surface area contributed by atoms with Crippen LogP contribution in [0.4, 0.5) is 0 Å². The highest BCUT2D eigenvalue weighted by Gasteiger charge is 2.22. The molecule has 0 rings (SSSR count). The lowest BCUT2D eigenvalue weighted by Crippen LogP contribution is -2.25. The van der Waals surface area contributed by atoms with Gasteiger partial charge in [-0.25, -0.2) is 9.00 Å². The second-order valence-electron chi connectivity index (χ2n) is 3.78. The fourth-order valence-corrected chi connectivity index (χ4v) is 1.000. The van der Waals surface area contributed by atoms with E-state index in [1.807, 2.05) is 6.92 Å². The van der Waals surface area contributed by atoms with E-state index in [0.717, 1.165) is 6.42 Å². The first-order valence-corrected chi connectivity index (χ1v) is 5.95. The van der Waals surface area contributed by atoms with Crippen molar-refractivity contribution in [3.05, 3.63) is 12.2 Å². The van der Waals surface area contributed by atoms with Gasteiger partial charge in [-0.1, -0.05) is 13.0 Å². The summed E-state index contributed by atoms with van der Waals surface area (Å²) in [6, 6.07) is 0. The van der Waals surface area contributed by atoms with E-state index >= 15 is 0 Å². The molecule has 0 saturated carbocycles. The average molecular weight is 234 g/mol. The van der Waals surface area contributed by atoms with Crippen molar-refractivity contribution in [2.24, 2.45) is 0 Å². The molecule has 0 aromatic heterocycles. The predicted molar refractivity (Wildman–Crippen MR) is 59.9 cm³/mol. The number of carbonyl (C=O) groups excluding carboxylic acids is 1. The van der Waals surface area contributed by atoms with Gasteiger partial charge in [-0.15, -0.1) is 0 Å². The molecule has 88 valence electrons. The van der Waals surface area contributed by atoms with Gasteiger partial charge in [0.15, 0.2) is 11.1 Å². The Hall–Kier alpha value is -0.680. The van der Waals surface area contributed by atoms with Crippen LogP contribution < -0.4 is 0 Å². The highest BCUT2D eigenvalue weighted by Crippen LogP contribution is 2.16. The molecule has 0 aliphatic rings. The number of rotatable bonds is 6. The van der Waals surface area contributed by atoms with Gasteiger partial charge >= 0.3 is 5.97 Å². The maximum atomic E-state index is 11.0. The van der Waals surface area contributed by atoms with Crippen molar-refractivity contribution in [1.82, 2.24) is 0 Å². The Kier molecular flexibility index (Phi) is 6.43. The summed E-state index contributed by atoms with van der Waals surface area (Å²) < 4.78 is 23.8. The maximum absolute atomic E-state index is 11.0. The lowest BCUT2D eigenvalue weighted by atomic mass is 10.1. The fraction of sp³-hybridized carbons (Fsp3) is 0.700. The van der Waals surface area contributed by atoms with E-state index in [9.17, 15) is 9.00 Å². The van der Waals surface area contributed by atoms with E-state index in [-0.39, 0.29) is 0 Å². The van der Waals surface area contributed by atoms with E-state index in [1.165, 1.54) is 6.08 Å².